The Balaban J connectivity index is 2.12. The van der Waals surface area contributed by atoms with E-state index in [4.69, 9.17) is 0 Å². The molecule has 0 aliphatic carbocycles. The molecule has 1 unspecified atom stereocenters. The van der Waals surface area contributed by atoms with Crippen LogP contribution < -0.4 is 5.32 Å². The zero-order valence-corrected chi connectivity index (χ0v) is 16.1. The number of nitrogens with one attached hydrogen (secondary N) is 2. The van der Waals surface area contributed by atoms with Gasteiger partial charge < -0.3 is 10.3 Å². The lowest BCUT2D eigenvalue weighted by Crippen LogP contribution is -2.36. The van der Waals surface area contributed by atoms with Crippen LogP contribution in [0.2, 0.25) is 0 Å². The number of benzene rings is 1. The van der Waals surface area contributed by atoms with E-state index >= 15 is 0 Å². The maximum atomic E-state index is 12.3. The Labute approximate surface area is 156 Å². The summed E-state index contributed by atoms with van der Waals surface area (Å²) >= 11 is 7.28. The van der Waals surface area contributed by atoms with Gasteiger partial charge in [-0.2, -0.15) is 0 Å². The molecule has 1 aromatic heterocycles. The molecule has 0 saturated heterocycles. The van der Waals surface area contributed by atoms with Gasteiger partial charge in [0.15, 0.2) is 0 Å². The highest BCUT2D eigenvalue weighted by molar-refractivity contribution is 9.17. The van der Waals surface area contributed by atoms with Crippen LogP contribution in [0.25, 0.3) is 10.9 Å². The molecule has 0 bridgehead atoms. The minimum Gasteiger partial charge on any atom is -0.361 e. The Kier molecular flexibility index (Phi) is 7.59. The fraction of sp³-hybridized carbons (Fsp3) is 0.333. The van der Waals surface area contributed by atoms with E-state index < -0.39 is 0 Å². The molecule has 128 valence electrons. The summed E-state index contributed by atoms with van der Waals surface area (Å²) in [4.78, 5) is 19.7. The molecule has 0 fully saturated rings. The number of nitrogens with zero attached hydrogens (tertiary/aromatic N) is 1. The molecule has 6 heteroatoms. The largest absolute Gasteiger partial charge is 0.361 e. The highest BCUT2D eigenvalue weighted by atomic mass is 79.9. The molecule has 1 amide bonds. The van der Waals surface area contributed by atoms with E-state index in [0.29, 0.717) is 4.91 Å². The quantitative estimate of drug-likeness (QED) is 0.334. The Hall–Kier alpha value is -1.53. The smallest absolute Gasteiger partial charge is 0.259 e. The van der Waals surface area contributed by atoms with Gasteiger partial charge in [-0.15, -0.1) is 12.6 Å². The lowest BCUT2D eigenvalue weighted by Gasteiger charge is -2.18. The number of carbonyl (C=O) groups is 1. The fourth-order valence-electron chi connectivity index (χ4n) is 2.66. The normalized spacial score (nSPS) is 13.5. The summed E-state index contributed by atoms with van der Waals surface area (Å²) in [6.45, 7) is 2.15. The van der Waals surface area contributed by atoms with Crippen LogP contribution in [0.4, 0.5) is 0 Å². The SMILES string of the molecule is CCCCC(Cc1c[nH]c2ccccc12)NC(=O)/C(S)=C/N=C/Br. The maximum Gasteiger partial charge on any atom is 0.259 e. The molecule has 0 saturated carbocycles. The Morgan fingerprint density at radius 3 is 3.00 bits per heavy atom. The average molecular weight is 408 g/mol. The van der Waals surface area contributed by atoms with Crippen molar-refractivity contribution in [1.82, 2.24) is 10.3 Å². The number of aromatic nitrogens is 1. The highest BCUT2D eigenvalue weighted by Gasteiger charge is 2.16. The van der Waals surface area contributed by atoms with E-state index in [1.54, 1.807) is 0 Å². The van der Waals surface area contributed by atoms with Gasteiger partial charge in [-0.1, -0.05) is 38.0 Å². The number of para-hydroxylation sites is 1. The number of halogens is 1. The van der Waals surface area contributed by atoms with Gasteiger partial charge >= 0.3 is 0 Å². The first-order valence-electron chi connectivity index (χ1n) is 8.02. The van der Waals surface area contributed by atoms with Crippen LogP contribution in [0.3, 0.4) is 0 Å². The minimum atomic E-state index is -0.197. The number of aromatic amines is 1. The molecule has 4 nitrogen and oxygen atoms in total. The number of H-pyrrole nitrogens is 1. The fourth-order valence-corrected chi connectivity index (χ4v) is 2.91. The topological polar surface area (TPSA) is 57.2 Å². The first-order chi connectivity index (χ1) is 11.7. The van der Waals surface area contributed by atoms with Gasteiger partial charge in [-0.05, 0) is 40.4 Å². The monoisotopic (exact) mass is 407 g/mol. The second kappa shape index (κ2) is 9.69. The lowest BCUT2D eigenvalue weighted by molar-refractivity contribution is -0.117. The van der Waals surface area contributed by atoms with Crippen molar-refractivity contribution in [3.8, 4) is 0 Å². The Morgan fingerprint density at radius 2 is 2.25 bits per heavy atom. The van der Waals surface area contributed by atoms with Crippen molar-refractivity contribution in [3.63, 3.8) is 0 Å². The second-order valence-corrected chi connectivity index (χ2v) is 6.53. The van der Waals surface area contributed by atoms with Crippen molar-refractivity contribution in [3.05, 3.63) is 47.1 Å². The van der Waals surface area contributed by atoms with Crippen molar-refractivity contribution in [2.24, 2.45) is 4.99 Å². The maximum absolute atomic E-state index is 12.3. The van der Waals surface area contributed by atoms with Gasteiger partial charge in [-0.3, -0.25) is 9.79 Å². The van der Waals surface area contributed by atoms with Crippen molar-refractivity contribution in [2.45, 2.75) is 38.6 Å². The number of hydrogen-bond donors (Lipinski definition) is 3. The molecule has 2 aromatic rings. The third-order valence-corrected chi connectivity index (χ3v) is 4.42. The molecule has 1 aromatic carbocycles. The van der Waals surface area contributed by atoms with Crippen LogP contribution >= 0.6 is 28.6 Å². The Morgan fingerprint density at radius 1 is 1.46 bits per heavy atom. The van der Waals surface area contributed by atoms with E-state index in [1.807, 2.05) is 18.3 Å². The standard InChI is InChI=1S/C18H22BrN3OS/c1-2-3-6-14(22-18(23)17(24)11-20-12-19)9-13-10-21-16-8-5-4-7-15(13)16/h4-5,7-8,10-12,14,21,24H,2-3,6,9H2,1H3,(H,22,23)/b17-11-,20-12+. The van der Waals surface area contributed by atoms with Gasteiger partial charge in [0.2, 0.25) is 0 Å². The van der Waals surface area contributed by atoms with E-state index in [1.165, 1.54) is 22.3 Å². The molecule has 0 aliphatic rings. The number of hydrogen-bond acceptors (Lipinski definition) is 3. The van der Waals surface area contributed by atoms with Crippen molar-refractivity contribution in [2.75, 3.05) is 0 Å². The molecular formula is C18H22BrN3OS. The second-order valence-electron chi connectivity index (χ2n) is 5.64. The molecule has 0 radical (unpaired) electrons. The summed E-state index contributed by atoms with van der Waals surface area (Å²) in [6, 6.07) is 8.29. The van der Waals surface area contributed by atoms with Crippen LogP contribution in [-0.4, -0.2) is 22.1 Å². The summed E-state index contributed by atoms with van der Waals surface area (Å²) in [5.74, 6) is -0.197. The summed E-state index contributed by atoms with van der Waals surface area (Å²) in [5, 5.41) is 5.73. The first-order valence-corrected chi connectivity index (χ1v) is 9.38. The molecule has 24 heavy (non-hydrogen) atoms. The summed E-state index contributed by atoms with van der Waals surface area (Å²) in [6.07, 6.45) is 7.34. The third kappa shape index (κ3) is 5.24. The lowest BCUT2D eigenvalue weighted by atomic mass is 10.0. The summed E-state index contributed by atoms with van der Waals surface area (Å²) in [7, 11) is 0. The van der Waals surface area contributed by atoms with E-state index in [0.717, 1.165) is 31.2 Å². The average Bonchev–Trinajstić information content (AvgIpc) is 3.00. The minimum absolute atomic E-state index is 0.0696. The van der Waals surface area contributed by atoms with Gasteiger partial charge in [-0.25, -0.2) is 0 Å². The van der Waals surface area contributed by atoms with Crippen molar-refractivity contribution < 1.29 is 4.79 Å². The number of carbonyl (C=O) groups excluding carboxylic acids is 1. The van der Waals surface area contributed by atoms with E-state index in [2.05, 4.69) is 62.9 Å². The zero-order valence-electron chi connectivity index (χ0n) is 13.6. The highest BCUT2D eigenvalue weighted by Crippen LogP contribution is 2.20. The van der Waals surface area contributed by atoms with E-state index in [-0.39, 0.29) is 11.9 Å². The molecule has 0 aliphatic heterocycles. The third-order valence-electron chi connectivity index (χ3n) is 3.87. The van der Waals surface area contributed by atoms with Gasteiger partial charge in [0.1, 0.15) is 0 Å². The van der Waals surface area contributed by atoms with Crippen LogP contribution in [0.5, 0.6) is 0 Å². The van der Waals surface area contributed by atoms with Crippen LogP contribution in [0.15, 0.2) is 46.6 Å². The number of unbranched alkanes of at least 4 members (excludes halogenated alkanes) is 1. The van der Waals surface area contributed by atoms with Crippen LogP contribution in [0.1, 0.15) is 31.7 Å². The molecule has 1 heterocycles. The Bertz CT molecular complexity index is 739. The van der Waals surface area contributed by atoms with E-state index in [9.17, 15) is 4.79 Å². The predicted molar refractivity (Wildman–Crippen MR) is 108 cm³/mol. The predicted octanol–water partition coefficient (Wildman–Crippen LogP) is 4.58. The molecule has 0 spiro atoms. The number of amides is 1. The molecule has 2 rings (SSSR count). The first kappa shape index (κ1) is 18.8. The molecule has 2 N–H and O–H groups in total. The van der Waals surface area contributed by atoms with Crippen LogP contribution in [-0.2, 0) is 11.2 Å². The number of thiol groups is 1. The molecular weight excluding hydrogens is 386 g/mol. The van der Waals surface area contributed by atoms with Gasteiger partial charge in [0.25, 0.3) is 5.91 Å². The summed E-state index contributed by atoms with van der Waals surface area (Å²) in [5.41, 5.74) is 2.34. The number of aliphatic imine (C=N–C) groups is 1. The zero-order chi connectivity index (χ0) is 17.4. The molecule has 1 atom stereocenters. The van der Waals surface area contributed by atoms with Gasteiger partial charge in [0, 0.05) is 29.3 Å². The van der Waals surface area contributed by atoms with Crippen molar-refractivity contribution >= 4 is 50.5 Å². The van der Waals surface area contributed by atoms with Crippen molar-refractivity contribution in [1.29, 1.82) is 0 Å². The number of rotatable bonds is 8. The summed E-state index contributed by atoms with van der Waals surface area (Å²) < 4.78 is 0. The van der Waals surface area contributed by atoms with Gasteiger partial charge in [0.05, 0.1) is 10.0 Å². The number of fused-ring (bicyclic) bond motifs is 1. The van der Waals surface area contributed by atoms with Crippen LogP contribution in [0, 0.1) is 0 Å².